The SMILES string of the molecule is CC/C=C\C/C=C\C/C=C\C/C=C\C/C=C\CCCCOCC(COC1OC(CO)C(O)C(O)C1O)OC(=O)CCCCCCCCCCCCCCCCCCCCCC. The van der Waals surface area contributed by atoms with Gasteiger partial charge in [-0.05, 0) is 57.8 Å². The number of allylic oxidation sites excluding steroid dienone is 10. The maximum absolute atomic E-state index is 12.8. The number of aliphatic hydroxyl groups is 4. The minimum Gasteiger partial charge on any atom is -0.457 e. The molecular formula is C52H92O9. The van der Waals surface area contributed by atoms with Gasteiger partial charge in [-0.3, -0.25) is 4.79 Å². The molecule has 1 heterocycles. The molecule has 0 aromatic carbocycles. The molecule has 9 nitrogen and oxygen atoms in total. The standard InChI is InChI=1S/C52H92O9/c1-3-5-7-9-11-13-15-17-19-21-23-24-25-27-29-31-33-35-37-39-41-48(54)60-46(45-59-52-51(57)50(56)49(55)47(43-53)61-52)44-58-42-40-38-36-34-32-30-28-26-22-20-18-16-14-12-10-8-6-4-2/h6,8,12,14,18,20,26,28,32,34,46-47,49-53,55-57H,3-5,7,9-11,13,15-17,19,21-25,27,29-31,33,35-45H2,1-2H3/b8-6-,14-12-,20-18-,28-26-,34-32-. The van der Waals surface area contributed by atoms with E-state index < -0.39 is 43.4 Å². The molecular weight excluding hydrogens is 769 g/mol. The molecule has 0 radical (unpaired) electrons. The van der Waals surface area contributed by atoms with E-state index in [-0.39, 0.29) is 19.2 Å². The molecule has 354 valence electrons. The van der Waals surface area contributed by atoms with E-state index in [9.17, 15) is 25.2 Å². The average molecular weight is 861 g/mol. The van der Waals surface area contributed by atoms with Gasteiger partial charge in [-0.25, -0.2) is 0 Å². The molecule has 6 unspecified atom stereocenters. The zero-order valence-electron chi connectivity index (χ0n) is 38.9. The zero-order chi connectivity index (χ0) is 44.3. The van der Waals surface area contributed by atoms with Gasteiger partial charge in [0.05, 0.1) is 19.8 Å². The van der Waals surface area contributed by atoms with Gasteiger partial charge >= 0.3 is 5.97 Å². The Morgan fingerprint density at radius 2 is 1.00 bits per heavy atom. The smallest absolute Gasteiger partial charge is 0.306 e. The van der Waals surface area contributed by atoms with Crippen LogP contribution in [0.2, 0.25) is 0 Å². The Balaban J connectivity index is 2.25. The van der Waals surface area contributed by atoms with E-state index in [4.69, 9.17) is 18.9 Å². The van der Waals surface area contributed by atoms with Crippen LogP contribution in [-0.2, 0) is 23.7 Å². The summed E-state index contributed by atoms with van der Waals surface area (Å²) in [5.74, 6) is -0.327. The number of rotatable bonds is 42. The zero-order valence-corrected chi connectivity index (χ0v) is 38.9. The second-order valence-corrected chi connectivity index (χ2v) is 16.9. The molecule has 0 aliphatic carbocycles. The highest BCUT2D eigenvalue weighted by Gasteiger charge is 2.44. The molecule has 0 amide bonds. The first kappa shape index (κ1) is 56.9. The number of hydrogen-bond acceptors (Lipinski definition) is 9. The molecule has 61 heavy (non-hydrogen) atoms. The minimum absolute atomic E-state index is 0.115. The van der Waals surface area contributed by atoms with Crippen LogP contribution in [0.25, 0.3) is 0 Å². The summed E-state index contributed by atoms with van der Waals surface area (Å²) in [5.41, 5.74) is 0. The van der Waals surface area contributed by atoms with E-state index in [0.717, 1.165) is 70.6 Å². The topological polar surface area (TPSA) is 135 Å². The van der Waals surface area contributed by atoms with Crippen molar-refractivity contribution in [3.05, 3.63) is 60.8 Å². The number of esters is 1. The first-order valence-corrected chi connectivity index (χ1v) is 24.9. The minimum atomic E-state index is -1.55. The molecule has 1 rings (SSSR count). The number of carbonyl (C=O) groups is 1. The van der Waals surface area contributed by atoms with Crippen LogP contribution in [0.3, 0.4) is 0 Å². The number of carbonyl (C=O) groups excluding carboxylic acids is 1. The molecule has 9 heteroatoms. The first-order valence-electron chi connectivity index (χ1n) is 24.9. The summed E-state index contributed by atoms with van der Waals surface area (Å²) in [5, 5.41) is 40.2. The van der Waals surface area contributed by atoms with Crippen molar-refractivity contribution in [3.63, 3.8) is 0 Å². The molecule has 0 aromatic rings. The third-order valence-electron chi connectivity index (χ3n) is 11.2. The van der Waals surface area contributed by atoms with Crippen molar-refractivity contribution < 1.29 is 44.2 Å². The first-order chi connectivity index (χ1) is 29.9. The van der Waals surface area contributed by atoms with Crippen molar-refractivity contribution in [2.45, 2.75) is 237 Å². The fourth-order valence-corrected chi connectivity index (χ4v) is 7.34. The lowest BCUT2D eigenvalue weighted by Crippen LogP contribution is -2.59. The van der Waals surface area contributed by atoms with E-state index in [2.05, 4.69) is 74.6 Å². The maximum Gasteiger partial charge on any atom is 0.306 e. The van der Waals surface area contributed by atoms with Crippen LogP contribution in [0.15, 0.2) is 60.8 Å². The highest BCUT2D eigenvalue weighted by atomic mass is 16.7. The fourth-order valence-electron chi connectivity index (χ4n) is 7.34. The molecule has 0 saturated carbocycles. The quantitative estimate of drug-likeness (QED) is 0.0269. The molecule has 0 bridgehead atoms. The van der Waals surface area contributed by atoms with Crippen molar-refractivity contribution in [2.75, 3.05) is 26.4 Å². The van der Waals surface area contributed by atoms with Crippen LogP contribution in [0.1, 0.15) is 200 Å². The van der Waals surface area contributed by atoms with E-state index in [1.54, 1.807) is 0 Å². The third kappa shape index (κ3) is 34.0. The van der Waals surface area contributed by atoms with Gasteiger partial charge in [-0.1, -0.05) is 197 Å². The second kappa shape index (κ2) is 43.2. The number of unbranched alkanes of at least 4 members (excludes halogenated alkanes) is 21. The second-order valence-electron chi connectivity index (χ2n) is 16.9. The Kier molecular flexibility index (Phi) is 40.3. The number of hydrogen-bond donors (Lipinski definition) is 4. The maximum atomic E-state index is 12.8. The molecule has 1 aliphatic rings. The van der Waals surface area contributed by atoms with Gasteiger partial charge < -0.3 is 39.4 Å². The van der Waals surface area contributed by atoms with Crippen LogP contribution in [-0.4, -0.2) is 89.6 Å². The van der Waals surface area contributed by atoms with Gasteiger partial charge in [0.25, 0.3) is 0 Å². The highest BCUT2D eigenvalue weighted by Crippen LogP contribution is 2.23. The summed E-state index contributed by atoms with van der Waals surface area (Å²) in [6, 6.07) is 0. The fraction of sp³-hybridized carbons (Fsp3) is 0.788. The lowest BCUT2D eigenvalue weighted by molar-refractivity contribution is -0.305. The van der Waals surface area contributed by atoms with E-state index >= 15 is 0 Å². The summed E-state index contributed by atoms with van der Waals surface area (Å²) in [6.45, 7) is 4.36. The molecule has 4 N–H and O–H groups in total. The molecule has 0 aromatic heterocycles. The average Bonchev–Trinajstić information content (AvgIpc) is 3.26. The molecule has 1 aliphatic heterocycles. The lowest BCUT2D eigenvalue weighted by Gasteiger charge is -2.39. The summed E-state index contributed by atoms with van der Waals surface area (Å²) < 4.78 is 22.8. The predicted molar refractivity (Wildman–Crippen MR) is 251 cm³/mol. The van der Waals surface area contributed by atoms with Crippen LogP contribution < -0.4 is 0 Å². The van der Waals surface area contributed by atoms with Crippen molar-refractivity contribution in [3.8, 4) is 0 Å². The Bertz CT molecular complexity index is 1120. The predicted octanol–water partition coefficient (Wildman–Crippen LogP) is 11.9. The summed E-state index contributed by atoms with van der Waals surface area (Å²) in [6.07, 6.45) is 48.3. The van der Waals surface area contributed by atoms with Gasteiger partial charge in [-0.2, -0.15) is 0 Å². The lowest BCUT2D eigenvalue weighted by atomic mass is 9.99. The largest absolute Gasteiger partial charge is 0.457 e. The Hall–Kier alpha value is -2.11. The van der Waals surface area contributed by atoms with Crippen LogP contribution >= 0.6 is 0 Å². The molecule has 6 atom stereocenters. The van der Waals surface area contributed by atoms with Crippen molar-refractivity contribution in [1.29, 1.82) is 0 Å². The van der Waals surface area contributed by atoms with Gasteiger partial charge in [0.1, 0.15) is 30.5 Å². The number of ether oxygens (including phenoxy) is 4. The molecule has 0 spiro atoms. The van der Waals surface area contributed by atoms with Crippen molar-refractivity contribution in [1.82, 2.24) is 0 Å². The van der Waals surface area contributed by atoms with Crippen molar-refractivity contribution >= 4 is 5.97 Å². The normalized spacial score (nSPS) is 20.4. The van der Waals surface area contributed by atoms with Gasteiger partial charge in [0.2, 0.25) is 0 Å². The molecule has 1 saturated heterocycles. The van der Waals surface area contributed by atoms with E-state index in [0.29, 0.717) is 13.0 Å². The van der Waals surface area contributed by atoms with Crippen molar-refractivity contribution in [2.24, 2.45) is 0 Å². The van der Waals surface area contributed by atoms with Crippen LogP contribution in [0.4, 0.5) is 0 Å². The van der Waals surface area contributed by atoms with Gasteiger partial charge in [-0.15, -0.1) is 0 Å². The van der Waals surface area contributed by atoms with Crippen LogP contribution in [0, 0.1) is 0 Å². The monoisotopic (exact) mass is 861 g/mol. The van der Waals surface area contributed by atoms with E-state index in [1.807, 2.05) is 0 Å². The summed E-state index contributed by atoms with van der Waals surface area (Å²) >= 11 is 0. The van der Waals surface area contributed by atoms with Gasteiger partial charge in [0.15, 0.2) is 6.29 Å². The molecule has 1 fully saturated rings. The van der Waals surface area contributed by atoms with Crippen LogP contribution in [0.5, 0.6) is 0 Å². The van der Waals surface area contributed by atoms with Gasteiger partial charge in [0, 0.05) is 13.0 Å². The Morgan fingerprint density at radius 3 is 1.48 bits per heavy atom. The Morgan fingerprint density at radius 1 is 0.541 bits per heavy atom. The number of aliphatic hydroxyl groups excluding tert-OH is 4. The summed E-state index contributed by atoms with van der Waals surface area (Å²) in [4.78, 5) is 12.8. The van der Waals surface area contributed by atoms with E-state index in [1.165, 1.54) is 109 Å². The highest BCUT2D eigenvalue weighted by molar-refractivity contribution is 5.69. The Labute approximate surface area is 373 Å². The summed E-state index contributed by atoms with van der Waals surface area (Å²) in [7, 11) is 0. The third-order valence-corrected chi connectivity index (χ3v) is 11.2.